The second kappa shape index (κ2) is 4.46. The van der Waals surface area contributed by atoms with Gasteiger partial charge in [-0.2, -0.15) is 0 Å². The van der Waals surface area contributed by atoms with Gasteiger partial charge in [0.1, 0.15) is 0 Å². The minimum Gasteiger partial charge on any atom is -0.368 e. The van der Waals surface area contributed by atoms with Crippen LogP contribution in [0.3, 0.4) is 0 Å². The van der Waals surface area contributed by atoms with Crippen molar-refractivity contribution in [3.63, 3.8) is 0 Å². The first kappa shape index (κ1) is 12.6. The molecule has 1 heterocycles. The maximum atomic E-state index is 11.3. The molecule has 2 aromatic rings. The van der Waals surface area contributed by atoms with Crippen LogP contribution in [0.25, 0.3) is 10.9 Å². The van der Waals surface area contributed by atoms with Crippen molar-refractivity contribution in [1.29, 1.82) is 0 Å². The lowest BCUT2D eigenvalue weighted by molar-refractivity contribution is -0.123. The number of carbonyl (C=O) groups excluding carboxylic acids is 1. The number of carbonyl (C=O) groups is 1. The zero-order valence-corrected chi connectivity index (χ0v) is 11.0. The van der Waals surface area contributed by atoms with Crippen molar-refractivity contribution < 1.29 is 4.79 Å². The zero-order valence-electron chi connectivity index (χ0n) is 11.0. The van der Waals surface area contributed by atoms with Gasteiger partial charge in [0.05, 0.1) is 5.54 Å². The predicted octanol–water partition coefficient (Wildman–Crippen LogP) is 1.53. The molecule has 0 aliphatic rings. The fourth-order valence-corrected chi connectivity index (χ4v) is 1.97. The lowest BCUT2D eigenvalue weighted by Gasteiger charge is -2.22. The summed E-state index contributed by atoms with van der Waals surface area (Å²) in [5.41, 5.74) is 7.00. The number of nitrogens with two attached hydrogens (primary N) is 1. The Kier molecular flexibility index (Phi) is 3.13. The van der Waals surface area contributed by atoms with Crippen molar-refractivity contribution in [2.75, 3.05) is 0 Å². The monoisotopic (exact) mass is 245 g/mol. The highest BCUT2D eigenvalue weighted by atomic mass is 16.1. The van der Waals surface area contributed by atoms with E-state index >= 15 is 0 Å². The van der Waals surface area contributed by atoms with Gasteiger partial charge in [0.2, 0.25) is 5.91 Å². The van der Waals surface area contributed by atoms with Crippen molar-refractivity contribution in [1.82, 2.24) is 9.88 Å². The number of aromatic nitrogens is 1. The highest BCUT2D eigenvalue weighted by Gasteiger charge is 2.24. The molecule has 0 aliphatic carbocycles. The van der Waals surface area contributed by atoms with Gasteiger partial charge in [0.25, 0.3) is 0 Å². The molecule has 4 heteroatoms. The van der Waals surface area contributed by atoms with Crippen LogP contribution in [0.4, 0.5) is 0 Å². The minimum atomic E-state index is -0.697. The van der Waals surface area contributed by atoms with Crippen molar-refractivity contribution in [2.45, 2.75) is 25.9 Å². The van der Waals surface area contributed by atoms with Crippen molar-refractivity contribution in [3.05, 3.63) is 36.0 Å². The summed E-state index contributed by atoms with van der Waals surface area (Å²) >= 11 is 0. The highest BCUT2D eigenvalue weighted by Crippen LogP contribution is 2.20. The number of aryl methyl sites for hydroxylation is 1. The summed E-state index contributed by atoms with van der Waals surface area (Å²) in [7, 11) is 2.02. The van der Waals surface area contributed by atoms with Gasteiger partial charge in [-0.05, 0) is 25.5 Å². The Hall–Kier alpha value is -1.81. The zero-order chi connectivity index (χ0) is 13.3. The fourth-order valence-electron chi connectivity index (χ4n) is 1.97. The molecule has 0 aliphatic heterocycles. The van der Waals surface area contributed by atoms with Gasteiger partial charge in [-0.1, -0.05) is 18.2 Å². The number of amides is 1. The van der Waals surface area contributed by atoms with E-state index in [1.807, 2.05) is 19.2 Å². The molecule has 1 amide bonds. The van der Waals surface area contributed by atoms with Crippen LogP contribution in [0.15, 0.2) is 30.5 Å². The Morgan fingerprint density at radius 2 is 2.06 bits per heavy atom. The van der Waals surface area contributed by atoms with E-state index in [9.17, 15) is 4.79 Å². The molecule has 0 fully saturated rings. The van der Waals surface area contributed by atoms with Crippen LogP contribution in [0.1, 0.15) is 19.4 Å². The number of rotatable bonds is 4. The van der Waals surface area contributed by atoms with Crippen LogP contribution in [0, 0.1) is 0 Å². The van der Waals surface area contributed by atoms with Gasteiger partial charge in [0.15, 0.2) is 0 Å². The molecule has 0 spiro atoms. The third kappa shape index (κ3) is 2.24. The summed E-state index contributed by atoms with van der Waals surface area (Å²) in [5.74, 6) is -0.345. The van der Waals surface area contributed by atoms with Gasteiger partial charge in [-0.3, -0.25) is 10.1 Å². The van der Waals surface area contributed by atoms with Crippen LogP contribution >= 0.6 is 0 Å². The van der Waals surface area contributed by atoms with Gasteiger partial charge >= 0.3 is 0 Å². The second-order valence-electron chi connectivity index (χ2n) is 5.13. The van der Waals surface area contributed by atoms with Crippen molar-refractivity contribution in [3.8, 4) is 0 Å². The minimum absolute atomic E-state index is 0.345. The summed E-state index contributed by atoms with van der Waals surface area (Å²) in [6.07, 6.45) is 2.08. The van der Waals surface area contributed by atoms with E-state index in [0.29, 0.717) is 6.54 Å². The normalized spacial score (nSPS) is 11.9. The first-order chi connectivity index (χ1) is 8.42. The van der Waals surface area contributed by atoms with Crippen LogP contribution in [-0.2, 0) is 18.4 Å². The molecule has 0 atom stereocenters. The summed E-state index contributed by atoms with van der Waals surface area (Å²) in [6, 6.07) is 8.21. The number of nitrogens with zero attached hydrogens (tertiary/aromatic N) is 1. The first-order valence-electron chi connectivity index (χ1n) is 5.99. The Morgan fingerprint density at radius 3 is 2.72 bits per heavy atom. The Balaban J connectivity index is 2.25. The third-order valence-corrected chi connectivity index (χ3v) is 3.32. The molecule has 18 heavy (non-hydrogen) atoms. The molecule has 0 unspecified atom stereocenters. The molecule has 4 nitrogen and oxygen atoms in total. The SMILES string of the molecule is Cn1cc(CNC(C)(C)C(N)=O)c2ccccc21. The van der Waals surface area contributed by atoms with E-state index in [4.69, 9.17) is 5.73 Å². The Labute approximate surface area is 107 Å². The molecule has 0 saturated heterocycles. The average molecular weight is 245 g/mol. The molecule has 2 rings (SSSR count). The summed E-state index contributed by atoms with van der Waals surface area (Å²) in [4.78, 5) is 11.3. The topological polar surface area (TPSA) is 60.1 Å². The fraction of sp³-hybridized carbons (Fsp3) is 0.357. The largest absolute Gasteiger partial charge is 0.368 e. The Bertz CT molecular complexity index is 584. The van der Waals surface area contributed by atoms with E-state index in [0.717, 1.165) is 0 Å². The highest BCUT2D eigenvalue weighted by molar-refractivity contribution is 5.85. The van der Waals surface area contributed by atoms with E-state index in [-0.39, 0.29) is 5.91 Å². The second-order valence-corrected chi connectivity index (χ2v) is 5.13. The van der Waals surface area contributed by atoms with Crippen LogP contribution in [0.5, 0.6) is 0 Å². The Morgan fingerprint density at radius 1 is 1.39 bits per heavy atom. The smallest absolute Gasteiger partial charge is 0.237 e. The van der Waals surface area contributed by atoms with Crippen molar-refractivity contribution in [2.24, 2.45) is 12.8 Å². The number of fused-ring (bicyclic) bond motifs is 1. The number of nitrogens with one attached hydrogen (secondary N) is 1. The number of primary amides is 1. The number of benzene rings is 1. The predicted molar refractivity (Wildman–Crippen MR) is 73.0 cm³/mol. The number of para-hydroxylation sites is 1. The molecule has 0 saturated carbocycles. The molecule has 0 bridgehead atoms. The lowest BCUT2D eigenvalue weighted by Crippen LogP contribution is -2.50. The maximum Gasteiger partial charge on any atom is 0.237 e. The van der Waals surface area contributed by atoms with E-state index in [1.54, 1.807) is 13.8 Å². The van der Waals surface area contributed by atoms with E-state index in [1.165, 1.54) is 16.5 Å². The number of hydrogen-bond donors (Lipinski definition) is 2. The molecule has 1 aromatic heterocycles. The summed E-state index contributed by atoms with van der Waals surface area (Å²) < 4.78 is 2.09. The third-order valence-electron chi connectivity index (χ3n) is 3.32. The summed E-state index contributed by atoms with van der Waals surface area (Å²) in [5, 5.41) is 4.39. The lowest BCUT2D eigenvalue weighted by atomic mass is 10.0. The molecular weight excluding hydrogens is 226 g/mol. The van der Waals surface area contributed by atoms with Gasteiger partial charge < -0.3 is 10.3 Å². The average Bonchev–Trinajstić information content (AvgIpc) is 2.65. The van der Waals surface area contributed by atoms with Crippen molar-refractivity contribution >= 4 is 16.8 Å². The number of hydrogen-bond acceptors (Lipinski definition) is 2. The quantitative estimate of drug-likeness (QED) is 0.858. The van der Waals surface area contributed by atoms with Gasteiger partial charge in [-0.25, -0.2) is 0 Å². The molecule has 1 aromatic carbocycles. The molecule has 3 N–H and O–H groups in total. The summed E-state index contributed by atoms with van der Waals surface area (Å²) in [6.45, 7) is 4.21. The molecular formula is C14H19N3O. The standard InChI is InChI=1S/C14H19N3O/c1-14(2,13(15)18)16-8-10-9-17(3)12-7-5-4-6-11(10)12/h4-7,9,16H,8H2,1-3H3,(H2,15,18). The van der Waals surface area contributed by atoms with E-state index in [2.05, 4.69) is 28.2 Å². The van der Waals surface area contributed by atoms with E-state index < -0.39 is 5.54 Å². The molecule has 0 radical (unpaired) electrons. The van der Waals surface area contributed by atoms with Gasteiger partial charge in [-0.15, -0.1) is 0 Å². The van der Waals surface area contributed by atoms with Crippen LogP contribution < -0.4 is 11.1 Å². The van der Waals surface area contributed by atoms with Crippen LogP contribution in [-0.4, -0.2) is 16.0 Å². The molecule has 96 valence electrons. The first-order valence-corrected chi connectivity index (χ1v) is 5.99. The van der Waals surface area contributed by atoms with Gasteiger partial charge in [0, 0.05) is 30.7 Å². The van der Waals surface area contributed by atoms with Crippen LogP contribution in [0.2, 0.25) is 0 Å². The maximum absolute atomic E-state index is 11.3.